The van der Waals surface area contributed by atoms with Crippen LogP contribution >= 0.6 is 0 Å². The first-order valence-corrected chi connectivity index (χ1v) is 35.3. The zero-order valence-electron chi connectivity index (χ0n) is 50.1. The Morgan fingerprint density at radius 1 is 0.453 bits per heavy atom. The number of pyridine rings is 4. The molecule has 0 saturated carbocycles. The maximum absolute atomic E-state index is 9.08. The van der Waals surface area contributed by atoms with Crippen molar-refractivity contribution in [3.63, 3.8) is 0 Å². The maximum atomic E-state index is 9.08. The number of para-hydroxylation sites is 2. The predicted molar refractivity (Wildman–Crippen MR) is 353 cm³/mol. The number of aromatic nitrogens is 4. The molecule has 6 heterocycles. The van der Waals surface area contributed by atoms with Gasteiger partial charge in [-0.05, 0) is 67.3 Å². The van der Waals surface area contributed by atoms with Crippen LogP contribution in [0.1, 0.15) is 13.8 Å². The first-order valence-electron chi connectivity index (χ1n) is 26.5. The Kier molecular flexibility index (Phi) is 32.5. The van der Waals surface area contributed by atoms with E-state index in [9.17, 15) is 0 Å². The molecule has 0 amide bonds. The van der Waals surface area contributed by atoms with Crippen LogP contribution in [0, 0.1) is 30.0 Å². The van der Waals surface area contributed by atoms with Gasteiger partial charge in [-0.1, -0.05) is 129 Å². The molecule has 447 valence electrons. The molecule has 0 fully saturated rings. The summed E-state index contributed by atoms with van der Waals surface area (Å²) in [6.07, 6.45) is 7.86. The van der Waals surface area contributed by atoms with E-state index in [0.717, 1.165) is 97.6 Å². The number of hydrogen-bond acceptors (Lipinski definition) is 11. The van der Waals surface area contributed by atoms with Crippen molar-refractivity contribution in [3.8, 4) is 56.9 Å². The smallest absolute Gasteiger partial charge is 0.139 e. The summed E-state index contributed by atoms with van der Waals surface area (Å²) >= 11 is 0. The average molecular weight is 1550 g/mol. The van der Waals surface area contributed by atoms with Crippen LogP contribution in [0.5, 0.6) is 0 Å². The van der Waals surface area contributed by atoms with Gasteiger partial charge in [0.15, 0.2) is 0 Å². The summed E-state index contributed by atoms with van der Waals surface area (Å²) in [5.41, 5.74) is 12.0. The fraction of sp³-hybridized carbons (Fsp3) is 0.159. The van der Waals surface area contributed by atoms with Gasteiger partial charge in [0.05, 0.1) is 29.3 Å². The molecule has 0 atom stereocenters. The van der Waals surface area contributed by atoms with Crippen LogP contribution in [0.15, 0.2) is 222 Å². The SMILES string of the molecule is CC#CC.CO.CO.CS(=O)(=O)[O-].C[Si](C)(C)c1ccc[c-]c1-c1nccc2oc3ccccc3c12.C[Si](C)(C)c1ccccc1-c1nccc2oc3ccccc3c12.[B].[Ir].[Ir].[c-]1ccccc1-c1ccccn1.[c-]1ccccc1-c1ccccn1. The minimum Gasteiger partial charge on any atom is -0.748 e. The number of rotatable bonds is 6. The van der Waals surface area contributed by atoms with E-state index >= 15 is 0 Å². The maximum Gasteiger partial charge on any atom is 0.139 e. The van der Waals surface area contributed by atoms with E-state index in [0.29, 0.717) is 6.26 Å². The molecular weight excluding hydrogens is 1480 g/mol. The van der Waals surface area contributed by atoms with Gasteiger partial charge in [0.25, 0.3) is 0 Å². The van der Waals surface area contributed by atoms with E-state index in [2.05, 4.69) is 134 Å². The third-order valence-electron chi connectivity index (χ3n) is 12.0. The van der Waals surface area contributed by atoms with Crippen LogP contribution in [0.2, 0.25) is 39.3 Å². The Balaban J connectivity index is 0.000000373. The first kappa shape index (κ1) is 74.8. The monoisotopic (exact) mass is 1550 g/mol. The van der Waals surface area contributed by atoms with E-state index in [1.165, 1.54) is 15.9 Å². The zero-order valence-corrected chi connectivity index (χ0v) is 57.7. The van der Waals surface area contributed by atoms with Crippen LogP contribution in [-0.2, 0) is 50.3 Å². The van der Waals surface area contributed by atoms with Crippen molar-refractivity contribution >= 4 is 88.9 Å². The summed E-state index contributed by atoms with van der Waals surface area (Å²) in [5.74, 6) is 5.36. The molecule has 2 N–H and O–H groups in total. The molecule has 0 bridgehead atoms. The van der Waals surface area contributed by atoms with Crippen molar-refractivity contribution in [2.45, 2.75) is 53.1 Å². The predicted octanol–water partition coefficient (Wildman–Crippen LogP) is 14.3. The number of hydrogen-bond donors (Lipinski definition) is 2. The molecule has 0 aliphatic carbocycles. The van der Waals surface area contributed by atoms with Gasteiger partial charge in [-0.25, -0.2) is 8.42 Å². The molecule has 86 heavy (non-hydrogen) atoms. The fourth-order valence-electron chi connectivity index (χ4n) is 8.48. The Hall–Kier alpha value is -7.29. The molecule has 6 aromatic carbocycles. The number of furan rings is 2. The fourth-order valence-corrected chi connectivity index (χ4v) is 11.6. The van der Waals surface area contributed by atoms with Crippen LogP contribution in [0.3, 0.4) is 0 Å². The Morgan fingerprint density at radius 2 is 0.837 bits per heavy atom. The van der Waals surface area contributed by atoms with Gasteiger partial charge in [0.2, 0.25) is 0 Å². The van der Waals surface area contributed by atoms with Gasteiger partial charge in [0, 0.05) is 124 Å². The number of fused-ring (bicyclic) bond motifs is 6. The molecule has 0 unspecified atom stereocenters. The van der Waals surface area contributed by atoms with Crippen molar-refractivity contribution in [2.24, 2.45) is 0 Å². The van der Waals surface area contributed by atoms with Crippen molar-refractivity contribution in [1.29, 1.82) is 0 Å². The third kappa shape index (κ3) is 21.9. The van der Waals surface area contributed by atoms with Crippen LogP contribution in [-0.4, -0.2) is 88.2 Å². The van der Waals surface area contributed by atoms with E-state index in [-0.39, 0.29) is 48.6 Å². The summed E-state index contributed by atoms with van der Waals surface area (Å²) in [5, 5.41) is 21.3. The van der Waals surface area contributed by atoms with Crippen LogP contribution in [0.4, 0.5) is 0 Å². The molecule has 12 aromatic rings. The number of benzene rings is 6. The molecule has 17 heteroatoms. The Labute approximate surface area is 538 Å². The van der Waals surface area contributed by atoms with E-state index in [4.69, 9.17) is 42.0 Å². The van der Waals surface area contributed by atoms with Crippen molar-refractivity contribution in [2.75, 3.05) is 20.5 Å². The Morgan fingerprint density at radius 3 is 1.26 bits per heavy atom. The minimum absolute atomic E-state index is 0. The van der Waals surface area contributed by atoms with Crippen molar-refractivity contribution in [1.82, 2.24) is 19.9 Å². The van der Waals surface area contributed by atoms with Crippen LogP contribution in [0.25, 0.3) is 88.9 Å². The van der Waals surface area contributed by atoms with Gasteiger partial charge < -0.3 is 38.6 Å². The van der Waals surface area contributed by atoms with Gasteiger partial charge >= 0.3 is 0 Å². The molecule has 0 saturated heterocycles. The number of nitrogens with zero attached hydrogens (tertiary/aromatic N) is 4. The summed E-state index contributed by atoms with van der Waals surface area (Å²) < 4.78 is 39.2. The standard InChI is InChI=1S/C20H19NOSi.C20H18NOSi.2C11H8N.C4H6.CH4O3S.2CH4O.B.2Ir/c2*1-23(2,3)18-11-7-5-9-15(18)20-19-14-8-4-6-10-16(14)22-17(19)12-13-21-20;2*1-2-6-10(7-3-1)11-8-4-5-9-12-11;1-3-4-2;1-5(2,3)4;2*1-2;;;/h4-13H,1-3H3;4-8,10-13H,1-3H3;2*1-6,8-9H;1-2H3;1H3,(H,2,3,4);2*2H,1H3;;;/q;3*-1;;;;;;;/p-1. The quantitative estimate of drug-likeness (QED) is 0.0701. The number of aliphatic hydroxyl groups is 2. The summed E-state index contributed by atoms with van der Waals surface area (Å²) in [7, 11) is -4.88. The molecule has 5 radical (unpaired) electrons. The third-order valence-corrected chi connectivity index (χ3v) is 16.1. The van der Waals surface area contributed by atoms with Gasteiger partial charge in [-0.2, -0.15) is 0 Å². The van der Waals surface area contributed by atoms with E-state index < -0.39 is 26.3 Å². The molecular formula is C69H70BIr2N4O7SSi2-4. The van der Waals surface area contributed by atoms with Gasteiger partial charge in [0.1, 0.15) is 22.3 Å². The zero-order chi connectivity index (χ0) is 60.4. The molecule has 0 aliphatic heterocycles. The van der Waals surface area contributed by atoms with Gasteiger partial charge in [-0.15, -0.1) is 119 Å². The van der Waals surface area contributed by atoms with Crippen LogP contribution < -0.4 is 10.4 Å². The number of aliphatic hydroxyl groups excluding tert-OH is 2. The molecule has 0 aliphatic rings. The summed E-state index contributed by atoms with van der Waals surface area (Å²) in [4.78, 5) is 17.9. The topological polar surface area (TPSA) is 175 Å². The Bertz CT molecular complexity index is 3750. The largest absolute Gasteiger partial charge is 0.748 e. The minimum atomic E-state index is -3.92. The molecule has 6 aromatic heterocycles. The second kappa shape index (κ2) is 37.3. The summed E-state index contributed by atoms with van der Waals surface area (Å²) in [6, 6.07) is 72.3. The second-order valence-electron chi connectivity index (χ2n) is 20.0. The summed E-state index contributed by atoms with van der Waals surface area (Å²) in [6.45, 7) is 17.8. The van der Waals surface area contributed by atoms with E-state index in [1.54, 1.807) is 12.4 Å². The van der Waals surface area contributed by atoms with Gasteiger partial charge in [-0.3, -0.25) is 4.98 Å². The average Bonchev–Trinajstić information content (AvgIpc) is 1.72. The van der Waals surface area contributed by atoms with Crippen molar-refractivity contribution in [3.05, 3.63) is 231 Å². The molecule has 11 nitrogen and oxygen atoms in total. The van der Waals surface area contributed by atoms with Crippen molar-refractivity contribution < 1.29 is 72.2 Å². The second-order valence-corrected chi connectivity index (χ2v) is 31.4. The first-order chi connectivity index (χ1) is 40.0. The normalized spacial score (nSPS) is 10.2. The molecule has 12 rings (SSSR count). The van der Waals surface area contributed by atoms with E-state index in [1.807, 2.05) is 160 Å². The molecule has 0 spiro atoms.